The van der Waals surface area contributed by atoms with Gasteiger partial charge in [-0.05, 0) is 43.9 Å². The summed E-state index contributed by atoms with van der Waals surface area (Å²) in [5, 5.41) is 10.6. The molecule has 0 saturated heterocycles. The van der Waals surface area contributed by atoms with E-state index in [0.29, 0.717) is 30.3 Å². The van der Waals surface area contributed by atoms with Crippen molar-refractivity contribution in [3.63, 3.8) is 0 Å². The molecule has 5 unspecified atom stereocenters. The molecule has 4 saturated carbocycles. The van der Waals surface area contributed by atoms with Crippen molar-refractivity contribution in [3.05, 3.63) is 12.2 Å². The van der Waals surface area contributed by atoms with Crippen LogP contribution in [0.25, 0.3) is 0 Å². The first-order chi connectivity index (χ1) is 8.45. The van der Waals surface area contributed by atoms with Gasteiger partial charge in [0.2, 0.25) is 0 Å². The zero-order valence-electron chi connectivity index (χ0n) is 10.9. The fraction of sp³-hybridized carbons (Fsp3) is 0.800. The molecule has 18 heavy (non-hydrogen) atoms. The summed E-state index contributed by atoms with van der Waals surface area (Å²) in [6.45, 7) is 5.69. The molecule has 0 heterocycles. The molecule has 2 bridgehead atoms. The number of carbonyl (C=O) groups excluding carboxylic acids is 1. The van der Waals surface area contributed by atoms with Crippen LogP contribution in [0.15, 0.2) is 12.2 Å². The maximum atomic E-state index is 12.0. The normalized spacial score (nSPS) is 54.3. The molecule has 4 rings (SSSR count). The SMILES string of the molecule is C=C(CC)C(=O)OC12CC3CC4CC(O)(C1)CC432. The van der Waals surface area contributed by atoms with Gasteiger partial charge in [0, 0.05) is 17.4 Å². The minimum absolute atomic E-state index is 0.144. The van der Waals surface area contributed by atoms with Gasteiger partial charge in [-0.25, -0.2) is 4.79 Å². The highest BCUT2D eigenvalue weighted by Gasteiger charge is 2.86. The molecular weight excluding hydrogens is 228 g/mol. The van der Waals surface area contributed by atoms with Crippen LogP contribution in [0.2, 0.25) is 0 Å². The van der Waals surface area contributed by atoms with E-state index in [0.717, 1.165) is 19.3 Å². The number of carbonyl (C=O) groups is 1. The van der Waals surface area contributed by atoms with Crippen molar-refractivity contribution >= 4 is 5.97 Å². The summed E-state index contributed by atoms with van der Waals surface area (Å²) in [5.41, 5.74) is -0.201. The van der Waals surface area contributed by atoms with E-state index in [4.69, 9.17) is 4.74 Å². The summed E-state index contributed by atoms with van der Waals surface area (Å²) in [5.74, 6) is 1.05. The highest BCUT2D eigenvalue weighted by Crippen LogP contribution is 2.84. The predicted octanol–water partition coefficient (Wildman–Crippen LogP) is 2.19. The van der Waals surface area contributed by atoms with Crippen LogP contribution < -0.4 is 0 Å². The van der Waals surface area contributed by atoms with Crippen molar-refractivity contribution in [1.82, 2.24) is 0 Å². The third kappa shape index (κ3) is 0.932. The van der Waals surface area contributed by atoms with Gasteiger partial charge < -0.3 is 9.84 Å². The topological polar surface area (TPSA) is 46.5 Å². The first kappa shape index (κ1) is 11.0. The van der Waals surface area contributed by atoms with E-state index >= 15 is 0 Å². The van der Waals surface area contributed by atoms with Crippen LogP contribution in [0.5, 0.6) is 0 Å². The summed E-state index contributed by atoms with van der Waals surface area (Å²) < 4.78 is 5.84. The molecule has 0 aromatic carbocycles. The van der Waals surface area contributed by atoms with Crippen molar-refractivity contribution in [2.45, 2.75) is 56.7 Å². The molecule has 5 atom stereocenters. The van der Waals surface area contributed by atoms with Crippen molar-refractivity contribution in [2.24, 2.45) is 17.3 Å². The minimum Gasteiger partial charge on any atom is -0.455 e. The molecule has 3 nitrogen and oxygen atoms in total. The van der Waals surface area contributed by atoms with Gasteiger partial charge in [0.25, 0.3) is 0 Å². The lowest BCUT2D eigenvalue weighted by atomic mass is 9.36. The highest BCUT2D eigenvalue weighted by atomic mass is 16.6. The molecule has 0 aliphatic heterocycles. The fourth-order valence-electron chi connectivity index (χ4n) is 5.66. The van der Waals surface area contributed by atoms with Crippen LogP contribution in [0.1, 0.15) is 45.4 Å². The molecule has 0 aromatic heterocycles. The average molecular weight is 248 g/mol. The van der Waals surface area contributed by atoms with Crippen LogP contribution in [0, 0.1) is 17.3 Å². The Kier molecular flexibility index (Phi) is 1.74. The predicted molar refractivity (Wildman–Crippen MR) is 65.7 cm³/mol. The van der Waals surface area contributed by atoms with Gasteiger partial charge in [0.05, 0.1) is 5.60 Å². The lowest BCUT2D eigenvalue weighted by Crippen LogP contribution is -2.72. The second kappa shape index (κ2) is 2.84. The summed E-state index contributed by atoms with van der Waals surface area (Å²) in [4.78, 5) is 12.0. The Morgan fingerprint density at radius 1 is 1.39 bits per heavy atom. The number of ether oxygens (including phenoxy) is 1. The number of hydrogen-bond donors (Lipinski definition) is 1. The summed E-state index contributed by atoms with van der Waals surface area (Å²) in [6.07, 6.45) is 5.29. The first-order valence-corrected chi connectivity index (χ1v) is 7.08. The molecule has 4 fully saturated rings. The molecule has 4 aliphatic carbocycles. The Morgan fingerprint density at radius 2 is 2.11 bits per heavy atom. The van der Waals surface area contributed by atoms with Crippen molar-refractivity contribution < 1.29 is 14.6 Å². The van der Waals surface area contributed by atoms with E-state index in [-0.39, 0.29) is 17.0 Å². The van der Waals surface area contributed by atoms with E-state index in [2.05, 4.69) is 6.58 Å². The van der Waals surface area contributed by atoms with Crippen LogP contribution in [-0.4, -0.2) is 22.3 Å². The first-order valence-electron chi connectivity index (χ1n) is 7.08. The average Bonchev–Trinajstić information content (AvgIpc) is 2.70. The standard InChI is InChI=1S/C15H20O3/c1-3-9(2)12(16)18-14-6-11-4-10-5-13(17,7-14)8-15(10,11)14/h10-11,17H,2-8H2,1H3. The van der Waals surface area contributed by atoms with Crippen LogP contribution in [-0.2, 0) is 9.53 Å². The van der Waals surface area contributed by atoms with E-state index in [1.54, 1.807) is 0 Å². The van der Waals surface area contributed by atoms with Crippen LogP contribution in [0.3, 0.4) is 0 Å². The van der Waals surface area contributed by atoms with Gasteiger partial charge in [-0.15, -0.1) is 0 Å². The molecule has 4 aliphatic rings. The lowest BCUT2D eigenvalue weighted by Gasteiger charge is -2.71. The van der Waals surface area contributed by atoms with Crippen LogP contribution in [0.4, 0.5) is 0 Å². The minimum atomic E-state index is -0.552. The molecule has 1 spiro atoms. The Morgan fingerprint density at radius 3 is 2.72 bits per heavy atom. The van der Waals surface area contributed by atoms with Crippen molar-refractivity contribution in [1.29, 1.82) is 0 Å². The smallest absolute Gasteiger partial charge is 0.333 e. The second-order valence-electron chi connectivity index (χ2n) is 7.00. The Hall–Kier alpha value is -0.830. The quantitative estimate of drug-likeness (QED) is 0.615. The highest BCUT2D eigenvalue weighted by molar-refractivity contribution is 5.88. The lowest BCUT2D eigenvalue weighted by molar-refractivity contribution is -0.294. The third-order valence-electron chi connectivity index (χ3n) is 6.32. The molecular formula is C15H20O3. The number of esters is 1. The maximum Gasteiger partial charge on any atom is 0.333 e. The van der Waals surface area contributed by atoms with Gasteiger partial charge in [-0.2, -0.15) is 0 Å². The summed E-state index contributed by atoms with van der Waals surface area (Å²) in [6, 6.07) is 0. The van der Waals surface area contributed by atoms with Gasteiger partial charge >= 0.3 is 5.97 Å². The monoisotopic (exact) mass is 248 g/mol. The number of hydrogen-bond acceptors (Lipinski definition) is 3. The van der Waals surface area contributed by atoms with Gasteiger partial charge in [0.1, 0.15) is 5.60 Å². The Bertz CT molecular complexity index is 470. The van der Waals surface area contributed by atoms with E-state index in [1.165, 1.54) is 6.42 Å². The zero-order valence-corrected chi connectivity index (χ0v) is 10.9. The van der Waals surface area contributed by atoms with E-state index in [9.17, 15) is 9.90 Å². The molecule has 0 radical (unpaired) electrons. The molecule has 1 N–H and O–H groups in total. The maximum absolute atomic E-state index is 12.0. The molecule has 3 heteroatoms. The molecule has 98 valence electrons. The molecule has 0 amide bonds. The van der Waals surface area contributed by atoms with Gasteiger partial charge in [0.15, 0.2) is 0 Å². The van der Waals surface area contributed by atoms with Crippen LogP contribution >= 0.6 is 0 Å². The third-order valence-corrected chi connectivity index (χ3v) is 6.32. The second-order valence-corrected chi connectivity index (χ2v) is 7.00. The molecule has 0 aromatic rings. The number of rotatable bonds is 3. The van der Waals surface area contributed by atoms with Crippen molar-refractivity contribution in [3.8, 4) is 0 Å². The number of aliphatic hydroxyl groups is 1. The van der Waals surface area contributed by atoms with Gasteiger partial charge in [-0.1, -0.05) is 13.5 Å². The Balaban J connectivity index is 1.63. The Labute approximate surface area is 107 Å². The van der Waals surface area contributed by atoms with Crippen molar-refractivity contribution in [2.75, 3.05) is 0 Å². The fourth-order valence-corrected chi connectivity index (χ4v) is 5.66. The number of fused-ring (bicyclic) bond motifs is 1. The van der Waals surface area contributed by atoms with Gasteiger partial charge in [-0.3, -0.25) is 0 Å². The zero-order chi connectivity index (χ0) is 12.8. The van der Waals surface area contributed by atoms with E-state index < -0.39 is 5.60 Å². The largest absolute Gasteiger partial charge is 0.455 e. The summed E-state index contributed by atoms with van der Waals surface area (Å²) in [7, 11) is 0. The summed E-state index contributed by atoms with van der Waals surface area (Å²) >= 11 is 0. The van der Waals surface area contributed by atoms with E-state index in [1.807, 2.05) is 6.92 Å².